The van der Waals surface area contributed by atoms with Gasteiger partial charge >= 0.3 is 0 Å². The van der Waals surface area contributed by atoms with E-state index in [-0.39, 0.29) is 0 Å². The molecule has 5 aromatic carbocycles. The summed E-state index contributed by atoms with van der Waals surface area (Å²) < 4.78 is 12.3. The van der Waals surface area contributed by atoms with Crippen molar-refractivity contribution in [2.24, 2.45) is 0 Å². The third-order valence-electron chi connectivity index (χ3n) is 9.24. The lowest BCUT2D eigenvalue weighted by Crippen LogP contribution is -2.32. The van der Waals surface area contributed by atoms with Crippen molar-refractivity contribution in [2.45, 2.75) is 25.9 Å². The van der Waals surface area contributed by atoms with Crippen molar-refractivity contribution in [1.29, 1.82) is 0 Å². The van der Waals surface area contributed by atoms with E-state index in [9.17, 15) is 0 Å². The van der Waals surface area contributed by atoms with Crippen LogP contribution in [0, 0.1) is 0 Å². The van der Waals surface area contributed by atoms with Crippen LogP contribution in [0.3, 0.4) is 0 Å². The maximum atomic E-state index is 6.16. The van der Waals surface area contributed by atoms with E-state index in [0.29, 0.717) is 13.5 Å². The zero-order valence-electron chi connectivity index (χ0n) is 26.8. The van der Waals surface area contributed by atoms with Gasteiger partial charge in [0, 0.05) is 52.3 Å². The minimum atomic E-state index is 0.495. The second-order valence-corrected chi connectivity index (χ2v) is 12.3. The first-order valence-electron chi connectivity index (χ1n) is 16.4. The number of ether oxygens (including phenoxy) is 2. The number of benzene rings is 5. The van der Waals surface area contributed by atoms with Crippen LogP contribution in [0.4, 0.5) is 11.4 Å². The first-order chi connectivity index (χ1) is 23.7. The van der Waals surface area contributed by atoms with E-state index in [4.69, 9.17) is 14.3 Å². The fraction of sp³-hybridized carbons (Fsp3) is 0.143. The van der Waals surface area contributed by atoms with E-state index in [0.717, 1.165) is 82.5 Å². The summed E-state index contributed by atoms with van der Waals surface area (Å²) in [5, 5.41) is 0. The average molecular weight is 632 g/mol. The topological polar surface area (TPSA) is 46.2 Å². The molecule has 6 heteroatoms. The molecule has 0 saturated heterocycles. The highest BCUT2D eigenvalue weighted by atomic mass is 16.6. The predicted molar refractivity (Wildman–Crippen MR) is 193 cm³/mol. The number of hydrogen-bond donors (Lipinski definition) is 1. The maximum absolute atomic E-state index is 6.16. The summed E-state index contributed by atoms with van der Waals surface area (Å²) in [6, 6.07) is 38.0. The summed E-state index contributed by atoms with van der Waals surface area (Å²) in [7, 11) is 0. The Kier molecular flexibility index (Phi) is 7.83. The van der Waals surface area contributed by atoms with Gasteiger partial charge in [-0.25, -0.2) is 5.48 Å². The first-order valence-corrected chi connectivity index (χ1v) is 16.4. The Bertz CT molecular complexity index is 2070. The Morgan fingerprint density at radius 1 is 0.604 bits per heavy atom. The van der Waals surface area contributed by atoms with Gasteiger partial charge in [-0.05, 0) is 72.0 Å². The second kappa shape index (κ2) is 12.7. The van der Waals surface area contributed by atoms with E-state index in [1.54, 1.807) is 0 Å². The third kappa shape index (κ3) is 5.45. The van der Waals surface area contributed by atoms with Crippen LogP contribution >= 0.6 is 0 Å². The molecule has 3 heterocycles. The number of allylic oxidation sites excluding steroid dienone is 2. The molecular weight excluding hydrogens is 594 g/mol. The van der Waals surface area contributed by atoms with Crippen LogP contribution in [0.2, 0.25) is 0 Å². The van der Waals surface area contributed by atoms with Crippen LogP contribution in [0.1, 0.15) is 38.9 Å². The number of nitrogens with zero attached hydrogens (tertiary/aromatic N) is 2. The summed E-state index contributed by atoms with van der Waals surface area (Å²) in [6.07, 6.45) is 5.38. The predicted octanol–water partition coefficient (Wildman–Crippen LogP) is 8.67. The van der Waals surface area contributed by atoms with Gasteiger partial charge in [0.05, 0.1) is 5.70 Å². The minimum absolute atomic E-state index is 0.495. The summed E-state index contributed by atoms with van der Waals surface area (Å²) in [5.74, 6) is 2.70. The molecule has 0 radical (unpaired) electrons. The quantitative estimate of drug-likeness (QED) is 0.173. The van der Waals surface area contributed by atoms with Gasteiger partial charge in [-0.1, -0.05) is 78.9 Å². The molecule has 0 bridgehead atoms. The van der Waals surface area contributed by atoms with E-state index in [1.165, 1.54) is 22.3 Å². The fourth-order valence-electron chi connectivity index (χ4n) is 6.95. The fourth-order valence-corrected chi connectivity index (χ4v) is 6.95. The smallest absolute Gasteiger partial charge is 0.162 e. The van der Waals surface area contributed by atoms with Crippen LogP contribution in [0.25, 0.3) is 11.3 Å². The molecule has 0 atom stereocenters. The largest absolute Gasteiger partial charge is 0.473 e. The van der Waals surface area contributed by atoms with Crippen molar-refractivity contribution in [3.8, 4) is 17.2 Å². The summed E-state index contributed by atoms with van der Waals surface area (Å²) in [4.78, 5) is 10.7. The van der Waals surface area contributed by atoms with Gasteiger partial charge < -0.3 is 24.1 Å². The van der Waals surface area contributed by atoms with Crippen molar-refractivity contribution < 1.29 is 14.3 Å². The summed E-state index contributed by atoms with van der Waals surface area (Å²) in [6.45, 7) is 10.7. The number of para-hydroxylation sites is 3. The Hall–Kier alpha value is -5.88. The van der Waals surface area contributed by atoms with Crippen molar-refractivity contribution in [3.05, 3.63) is 173 Å². The minimum Gasteiger partial charge on any atom is -0.473 e. The van der Waals surface area contributed by atoms with Gasteiger partial charge in [0.15, 0.2) is 19.2 Å². The molecule has 0 spiro atoms. The Morgan fingerprint density at radius 3 is 1.73 bits per heavy atom. The second-order valence-electron chi connectivity index (χ2n) is 12.3. The third-order valence-corrected chi connectivity index (χ3v) is 9.24. The highest BCUT2D eigenvalue weighted by Crippen LogP contribution is 2.42. The van der Waals surface area contributed by atoms with Crippen LogP contribution < -0.4 is 29.6 Å². The van der Waals surface area contributed by atoms with Gasteiger partial charge in [-0.3, -0.25) is 0 Å². The highest BCUT2D eigenvalue weighted by molar-refractivity contribution is 6.00. The van der Waals surface area contributed by atoms with Crippen molar-refractivity contribution in [3.63, 3.8) is 0 Å². The van der Waals surface area contributed by atoms with E-state index in [1.807, 2.05) is 48.6 Å². The molecule has 0 unspecified atom stereocenters. The van der Waals surface area contributed by atoms with Gasteiger partial charge in [-0.2, -0.15) is 0 Å². The number of nitrogens with one attached hydrogen (secondary N) is 1. The average Bonchev–Trinajstić information content (AvgIpc) is 3.14. The zero-order chi connectivity index (χ0) is 32.5. The van der Waals surface area contributed by atoms with Crippen molar-refractivity contribution in [2.75, 3.05) is 23.3 Å². The van der Waals surface area contributed by atoms with Crippen molar-refractivity contribution >= 4 is 22.6 Å². The molecule has 0 amide bonds. The highest BCUT2D eigenvalue weighted by Gasteiger charge is 2.26. The van der Waals surface area contributed by atoms with Gasteiger partial charge in [-0.15, -0.1) is 13.2 Å². The summed E-state index contributed by atoms with van der Waals surface area (Å²) >= 11 is 0. The van der Waals surface area contributed by atoms with Gasteiger partial charge in [0.25, 0.3) is 0 Å². The molecule has 0 aliphatic carbocycles. The van der Waals surface area contributed by atoms with Crippen LogP contribution in [-0.2, 0) is 25.9 Å². The van der Waals surface area contributed by atoms with E-state index >= 15 is 0 Å². The van der Waals surface area contributed by atoms with Gasteiger partial charge in [0.1, 0.15) is 11.5 Å². The van der Waals surface area contributed by atoms with E-state index in [2.05, 4.69) is 101 Å². The standard InChI is InChI=1S/C42H37N3O3/c1-3-11-29-23-31(19-21-36(29)44-25-33-13-5-8-16-38(33)46-27-44)41-35-15-7-10-18-40(35)48-43-42(41)32-20-22-37(30(24-32)12-4-2)45-26-34-14-6-9-17-39(34)47-28-45/h3-10,13-24,43H,1-2,11-12,25-28H2. The molecule has 0 aromatic heterocycles. The zero-order valence-corrected chi connectivity index (χ0v) is 26.8. The SMILES string of the molecule is C=CCc1cc(C2=C(c3ccc(N4COc5ccccc5C4)c(CC=C)c3)c3ccccc3ON2)ccc1N1COc2ccccc2C1. The lowest BCUT2D eigenvalue weighted by molar-refractivity contribution is 0.248. The van der Waals surface area contributed by atoms with Crippen molar-refractivity contribution in [1.82, 2.24) is 5.48 Å². The normalized spacial score (nSPS) is 14.8. The van der Waals surface area contributed by atoms with Crippen LogP contribution in [-0.4, -0.2) is 13.5 Å². The molecule has 1 N–H and O–H groups in total. The molecular formula is C42H37N3O3. The lowest BCUT2D eigenvalue weighted by atomic mass is 9.89. The first kappa shape index (κ1) is 29.5. The van der Waals surface area contributed by atoms with E-state index < -0.39 is 0 Å². The lowest BCUT2D eigenvalue weighted by Gasteiger charge is -2.33. The summed E-state index contributed by atoms with van der Waals surface area (Å²) in [5.41, 5.74) is 15.5. The molecule has 48 heavy (non-hydrogen) atoms. The number of hydrogen-bond acceptors (Lipinski definition) is 6. The molecule has 3 aliphatic heterocycles. The molecule has 5 aromatic rings. The molecule has 3 aliphatic rings. The molecule has 238 valence electrons. The van der Waals surface area contributed by atoms with Crippen LogP contribution in [0.15, 0.2) is 135 Å². The molecule has 0 fully saturated rings. The molecule has 0 saturated carbocycles. The monoisotopic (exact) mass is 631 g/mol. The Balaban J connectivity index is 1.21. The number of hydroxylamine groups is 1. The van der Waals surface area contributed by atoms with Crippen LogP contribution in [0.5, 0.6) is 17.2 Å². The maximum Gasteiger partial charge on any atom is 0.162 e. The van der Waals surface area contributed by atoms with Gasteiger partial charge in [0.2, 0.25) is 0 Å². The Labute approximate surface area is 281 Å². The number of rotatable bonds is 8. The number of fused-ring (bicyclic) bond motifs is 3. The molecule has 8 rings (SSSR count). The number of anilines is 2. The Morgan fingerprint density at radius 2 is 1.12 bits per heavy atom. The molecule has 6 nitrogen and oxygen atoms in total.